The van der Waals surface area contributed by atoms with Gasteiger partial charge in [0, 0.05) is 0 Å². The van der Waals surface area contributed by atoms with E-state index in [2.05, 4.69) is 5.32 Å². The lowest BCUT2D eigenvalue weighted by atomic mass is 10.1. The van der Waals surface area contributed by atoms with E-state index in [4.69, 9.17) is 4.74 Å². The van der Waals surface area contributed by atoms with Crippen molar-refractivity contribution in [2.24, 2.45) is 0 Å². The molecule has 0 saturated carbocycles. The van der Waals surface area contributed by atoms with Gasteiger partial charge in [-0.3, -0.25) is 19.3 Å². The number of carbonyl (C=O) groups is 3. The van der Waals surface area contributed by atoms with Gasteiger partial charge in [-0.2, -0.15) is 0 Å². The fraction of sp³-hybridized carbons (Fsp3) is 0.286. The first-order valence-electron chi connectivity index (χ1n) is 8.87. The van der Waals surface area contributed by atoms with Crippen molar-refractivity contribution >= 4 is 17.7 Å². The number of nitrogens with zero attached hydrogens (tertiary/aromatic N) is 1. The van der Waals surface area contributed by atoms with Crippen molar-refractivity contribution < 1.29 is 23.5 Å². The highest BCUT2D eigenvalue weighted by atomic mass is 19.1. The third-order valence-electron chi connectivity index (χ3n) is 4.87. The number of ether oxygens (including phenoxy) is 1. The summed E-state index contributed by atoms with van der Waals surface area (Å²) < 4.78 is 18.8. The van der Waals surface area contributed by atoms with Gasteiger partial charge in [-0.15, -0.1) is 0 Å². The molecule has 0 aromatic heterocycles. The molecule has 3 amide bonds. The van der Waals surface area contributed by atoms with Crippen LogP contribution in [0.15, 0.2) is 36.4 Å². The molecule has 146 valence electrons. The molecule has 2 aromatic carbocycles. The van der Waals surface area contributed by atoms with Gasteiger partial charge in [-0.1, -0.05) is 17.7 Å². The number of fused-ring (bicyclic) bond motifs is 1. The van der Waals surface area contributed by atoms with Crippen LogP contribution >= 0.6 is 0 Å². The molecule has 28 heavy (non-hydrogen) atoms. The van der Waals surface area contributed by atoms with E-state index in [1.165, 1.54) is 26.2 Å². The number of rotatable bonds is 5. The summed E-state index contributed by atoms with van der Waals surface area (Å²) in [5.74, 6) is -1.92. The first kappa shape index (κ1) is 19.5. The zero-order valence-corrected chi connectivity index (χ0v) is 16.1. The van der Waals surface area contributed by atoms with E-state index in [0.29, 0.717) is 16.7 Å². The highest BCUT2D eigenvalue weighted by Gasteiger charge is 2.41. The van der Waals surface area contributed by atoms with Crippen LogP contribution in [0.1, 0.15) is 51.7 Å². The van der Waals surface area contributed by atoms with E-state index >= 15 is 0 Å². The topological polar surface area (TPSA) is 75.7 Å². The van der Waals surface area contributed by atoms with Crippen LogP contribution in [0.3, 0.4) is 0 Å². The van der Waals surface area contributed by atoms with Crippen molar-refractivity contribution in [2.45, 2.75) is 32.9 Å². The molecule has 0 unspecified atom stereocenters. The predicted molar refractivity (Wildman–Crippen MR) is 101 cm³/mol. The summed E-state index contributed by atoms with van der Waals surface area (Å²) in [6.45, 7) is 5.01. The molecule has 0 saturated heterocycles. The van der Waals surface area contributed by atoms with Crippen molar-refractivity contribution in [1.82, 2.24) is 10.2 Å². The van der Waals surface area contributed by atoms with Crippen LogP contribution in [0.5, 0.6) is 5.75 Å². The Morgan fingerprint density at radius 3 is 2.39 bits per heavy atom. The van der Waals surface area contributed by atoms with E-state index in [1.807, 2.05) is 6.92 Å². The van der Waals surface area contributed by atoms with Crippen molar-refractivity contribution in [1.29, 1.82) is 0 Å². The van der Waals surface area contributed by atoms with Gasteiger partial charge in [0.1, 0.15) is 6.04 Å². The van der Waals surface area contributed by atoms with Gasteiger partial charge in [0.2, 0.25) is 5.91 Å². The molecule has 7 heteroatoms. The number of carbonyl (C=O) groups excluding carboxylic acids is 3. The van der Waals surface area contributed by atoms with E-state index in [9.17, 15) is 18.8 Å². The Balaban J connectivity index is 1.75. The predicted octanol–water partition coefficient (Wildman–Crippen LogP) is 3.00. The van der Waals surface area contributed by atoms with Crippen LogP contribution < -0.4 is 10.1 Å². The molecule has 2 atom stereocenters. The van der Waals surface area contributed by atoms with Gasteiger partial charge >= 0.3 is 0 Å². The summed E-state index contributed by atoms with van der Waals surface area (Å²) in [7, 11) is 1.37. The Morgan fingerprint density at radius 1 is 1.07 bits per heavy atom. The van der Waals surface area contributed by atoms with Gasteiger partial charge < -0.3 is 10.1 Å². The summed E-state index contributed by atoms with van der Waals surface area (Å²) in [6, 6.07) is 7.86. The van der Waals surface area contributed by atoms with Crippen molar-refractivity contribution in [2.75, 3.05) is 7.11 Å². The second-order valence-corrected chi connectivity index (χ2v) is 6.83. The Kier molecular flexibility index (Phi) is 5.18. The molecular formula is C21H21FN2O4. The van der Waals surface area contributed by atoms with Crippen molar-refractivity contribution in [3.05, 3.63) is 64.5 Å². The summed E-state index contributed by atoms with van der Waals surface area (Å²) >= 11 is 0. The van der Waals surface area contributed by atoms with Crippen LogP contribution in [0.2, 0.25) is 0 Å². The smallest absolute Gasteiger partial charge is 0.262 e. The van der Waals surface area contributed by atoms with Crippen LogP contribution in [-0.2, 0) is 4.79 Å². The van der Waals surface area contributed by atoms with Crippen molar-refractivity contribution in [3.8, 4) is 5.75 Å². The molecular weight excluding hydrogens is 363 g/mol. The number of nitrogens with one attached hydrogen (secondary N) is 1. The lowest BCUT2D eigenvalue weighted by molar-refractivity contribution is -0.125. The monoisotopic (exact) mass is 384 g/mol. The number of hydrogen-bond donors (Lipinski definition) is 1. The molecule has 0 spiro atoms. The Bertz CT molecular complexity index is 973. The van der Waals surface area contributed by atoms with Gasteiger partial charge in [-0.25, -0.2) is 4.39 Å². The van der Waals surface area contributed by atoms with Gasteiger partial charge in [0.25, 0.3) is 11.8 Å². The number of imide groups is 1. The van der Waals surface area contributed by atoms with E-state index in [1.54, 1.807) is 31.2 Å². The second-order valence-electron chi connectivity index (χ2n) is 6.83. The average Bonchev–Trinajstić information content (AvgIpc) is 2.90. The summed E-state index contributed by atoms with van der Waals surface area (Å²) in [6.07, 6.45) is 0. The highest BCUT2D eigenvalue weighted by molar-refractivity contribution is 6.22. The molecule has 0 fully saturated rings. The van der Waals surface area contributed by atoms with Crippen LogP contribution in [0.4, 0.5) is 4.39 Å². The minimum Gasteiger partial charge on any atom is -0.494 e. The normalized spacial score (nSPS) is 15.2. The zero-order valence-electron chi connectivity index (χ0n) is 16.1. The van der Waals surface area contributed by atoms with Crippen LogP contribution in [-0.4, -0.2) is 35.8 Å². The van der Waals surface area contributed by atoms with E-state index < -0.39 is 35.6 Å². The van der Waals surface area contributed by atoms with E-state index in [0.717, 1.165) is 10.5 Å². The van der Waals surface area contributed by atoms with Gasteiger partial charge in [0.15, 0.2) is 11.6 Å². The van der Waals surface area contributed by atoms with Crippen molar-refractivity contribution in [3.63, 3.8) is 0 Å². The number of hydrogen-bond acceptors (Lipinski definition) is 4. The molecule has 0 aliphatic carbocycles. The SMILES string of the molecule is COc1ccc([C@@H](C)NC(=O)[C@@H](C)N2C(=O)c3ccc(C)cc3C2=O)cc1F. The molecule has 0 bridgehead atoms. The fourth-order valence-corrected chi connectivity index (χ4v) is 3.21. The minimum absolute atomic E-state index is 0.108. The standard InChI is InChI=1S/C21H21FN2O4/c1-11-5-7-15-16(9-11)21(27)24(20(15)26)13(3)19(25)23-12(2)14-6-8-18(28-4)17(22)10-14/h5-10,12-13H,1-4H3,(H,23,25)/t12-,13-/m1/s1. The Hall–Kier alpha value is -3.22. The second kappa shape index (κ2) is 7.42. The minimum atomic E-state index is -1.00. The first-order chi connectivity index (χ1) is 13.2. The van der Waals surface area contributed by atoms with Gasteiger partial charge in [-0.05, 0) is 50.6 Å². The maximum absolute atomic E-state index is 13.9. The van der Waals surface area contributed by atoms with E-state index in [-0.39, 0.29) is 5.75 Å². The molecule has 1 aliphatic rings. The quantitative estimate of drug-likeness (QED) is 0.804. The number of aryl methyl sites for hydroxylation is 1. The molecule has 1 N–H and O–H groups in total. The van der Waals surface area contributed by atoms with Gasteiger partial charge in [0.05, 0.1) is 24.3 Å². The Morgan fingerprint density at radius 2 is 1.75 bits per heavy atom. The Labute approximate surface area is 162 Å². The zero-order chi connectivity index (χ0) is 20.6. The molecule has 2 aromatic rings. The summed E-state index contributed by atoms with van der Waals surface area (Å²) in [5.41, 5.74) is 1.99. The molecule has 0 radical (unpaired) electrons. The third kappa shape index (κ3) is 3.35. The number of methoxy groups -OCH3 is 1. The molecule has 3 rings (SSSR count). The van der Waals surface area contributed by atoms with Crippen LogP contribution in [0.25, 0.3) is 0 Å². The number of amides is 3. The maximum atomic E-state index is 13.9. The maximum Gasteiger partial charge on any atom is 0.262 e. The lowest BCUT2D eigenvalue weighted by Crippen LogP contribution is -2.48. The largest absolute Gasteiger partial charge is 0.494 e. The molecule has 1 aliphatic heterocycles. The lowest BCUT2D eigenvalue weighted by Gasteiger charge is -2.24. The fourth-order valence-electron chi connectivity index (χ4n) is 3.21. The summed E-state index contributed by atoms with van der Waals surface area (Å²) in [5, 5.41) is 2.72. The average molecular weight is 384 g/mol. The first-order valence-corrected chi connectivity index (χ1v) is 8.87. The summed E-state index contributed by atoms with van der Waals surface area (Å²) in [4.78, 5) is 38.8. The highest BCUT2D eigenvalue weighted by Crippen LogP contribution is 2.26. The number of halogens is 1. The number of benzene rings is 2. The van der Waals surface area contributed by atoms with Crippen LogP contribution in [0, 0.1) is 12.7 Å². The molecule has 1 heterocycles. The molecule has 6 nitrogen and oxygen atoms in total. The third-order valence-corrected chi connectivity index (χ3v) is 4.87.